The van der Waals surface area contributed by atoms with Crippen LogP contribution >= 0.6 is 11.8 Å². The van der Waals surface area contributed by atoms with E-state index in [4.69, 9.17) is 4.74 Å². The van der Waals surface area contributed by atoms with Gasteiger partial charge in [-0.05, 0) is 61.6 Å². The second-order valence-electron chi connectivity index (χ2n) is 6.83. The molecule has 0 spiro atoms. The fourth-order valence-corrected chi connectivity index (χ4v) is 3.85. The van der Waals surface area contributed by atoms with Crippen LogP contribution in [0.1, 0.15) is 29.5 Å². The van der Waals surface area contributed by atoms with Crippen molar-refractivity contribution in [3.63, 3.8) is 0 Å². The number of nitrogens with zero attached hydrogens (tertiary/aromatic N) is 1. The molecule has 1 aliphatic rings. The van der Waals surface area contributed by atoms with Gasteiger partial charge in [0.15, 0.2) is 0 Å². The standard InChI is InChI=1S/C22H25N3O3S/c1-15-11-18-16(12-20(15)28-2)7-6-10-19(18)24-25-22(27)14-29-13-21(26)23-17-8-4-3-5-9-17/h3-5,8-9,11-12H,6-7,10,13-14H2,1-2H3,(H,23,26)(H,25,27)/b24-19-. The summed E-state index contributed by atoms with van der Waals surface area (Å²) in [7, 11) is 1.67. The molecule has 3 rings (SSSR count). The molecule has 0 saturated heterocycles. The number of carbonyl (C=O) groups is 2. The third kappa shape index (κ3) is 5.84. The zero-order chi connectivity index (χ0) is 20.6. The Bertz CT molecular complexity index is 913. The van der Waals surface area contributed by atoms with Crippen molar-refractivity contribution >= 4 is 35.0 Å². The maximum absolute atomic E-state index is 12.1. The van der Waals surface area contributed by atoms with Crippen molar-refractivity contribution in [2.75, 3.05) is 23.9 Å². The fraction of sp³-hybridized carbons (Fsp3) is 0.318. The lowest BCUT2D eigenvalue weighted by molar-refractivity contribution is -0.118. The van der Waals surface area contributed by atoms with Gasteiger partial charge >= 0.3 is 0 Å². The lowest BCUT2D eigenvalue weighted by Gasteiger charge is -2.20. The Morgan fingerprint density at radius 1 is 1.10 bits per heavy atom. The molecule has 0 fully saturated rings. The summed E-state index contributed by atoms with van der Waals surface area (Å²) < 4.78 is 5.40. The van der Waals surface area contributed by atoms with Crippen LogP contribution < -0.4 is 15.5 Å². The maximum Gasteiger partial charge on any atom is 0.250 e. The molecule has 2 aromatic carbocycles. The van der Waals surface area contributed by atoms with E-state index in [2.05, 4.69) is 28.0 Å². The van der Waals surface area contributed by atoms with Crippen LogP contribution in [0, 0.1) is 6.92 Å². The molecule has 0 aromatic heterocycles. The molecule has 2 amide bonds. The number of hydrogen-bond donors (Lipinski definition) is 2. The smallest absolute Gasteiger partial charge is 0.250 e. The SMILES string of the molecule is COc1cc2c(cc1C)/C(=N\NC(=O)CSCC(=O)Nc1ccccc1)CCC2. The molecule has 29 heavy (non-hydrogen) atoms. The molecular weight excluding hydrogens is 386 g/mol. The van der Waals surface area contributed by atoms with Crippen molar-refractivity contribution in [2.45, 2.75) is 26.2 Å². The molecule has 0 unspecified atom stereocenters. The Hall–Kier alpha value is -2.80. The quantitative estimate of drug-likeness (QED) is 0.683. The number of nitrogens with one attached hydrogen (secondary N) is 2. The number of benzene rings is 2. The number of amides is 2. The summed E-state index contributed by atoms with van der Waals surface area (Å²) in [6.45, 7) is 2.00. The second kappa shape index (κ2) is 10.1. The first-order chi connectivity index (χ1) is 14.1. The Kier molecular flexibility index (Phi) is 7.30. The van der Waals surface area contributed by atoms with Crippen molar-refractivity contribution in [1.82, 2.24) is 5.43 Å². The third-order valence-electron chi connectivity index (χ3n) is 4.63. The molecule has 0 bridgehead atoms. The summed E-state index contributed by atoms with van der Waals surface area (Å²) in [5, 5.41) is 7.14. The molecule has 1 aliphatic carbocycles. The lowest BCUT2D eigenvalue weighted by atomic mass is 9.88. The molecule has 0 saturated carbocycles. The van der Waals surface area contributed by atoms with Gasteiger partial charge in [-0.2, -0.15) is 5.10 Å². The number of para-hydroxylation sites is 1. The average molecular weight is 412 g/mol. The van der Waals surface area contributed by atoms with Crippen LogP contribution in [0.4, 0.5) is 5.69 Å². The maximum atomic E-state index is 12.1. The van der Waals surface area contributed by atoms with Gasteiger partial charge < -0.3 is 10.1 Å². The van der Waals surface area contributed by atoms with Crippen LogP contribution in [0.15, 0.2) is 47.6 Å². The Morgan fingerprint density at radius 3 is 2.62 bits per heavy atom. The third-order valence-corrected chi connectivity index (χ3v) is 5.56. The van der Waals surface area contributed by atoms with Gasteiger partial charge in [-0.3, -0.25) is 9.59 Å². The molecule has 0 atom stereocenters. The number of carbonyl (C=O) groups excluding carboxylic acids is 2. The Balaban J connectivity index is 1.50. The van der Waals surface area contributed by atoms with Gasteiger partial charge in [-0.1, -0.05) is 18.2 Å². The van der Waals surface area contributed by atoms with E-state index in [0.29, 0.717) is 0 Å². The highest BCUT2D eigenvalue weighted by molar-refractivity contribution is 8.00. The zero-order valence-corrected chi connectivity index (χ0v) is 17.5. The Labute approximate surface area is 175 Å². The van der Waals surface area contributed by atoms with E-state index in [1.165, 1.54) is 17.3 Å². The van der Waals surface area contributed by atoms with Crippen molar-refractivity contribution in [2.24, 2.45) is 5.10 Å². The zero-order valence-electron chi connectivity index (χ0n) is 16.7. The number of anilines is 1. The highest BCUT2D eigenvalue weighted by atomic mass is 32.2. The first kappa shape index (κ1) is 20.9. The van der Waals surface area contributed by atoms with Gasteiger partial charge in [0.05, 0.1) is 24.3 Å². The second-order valence-corrected chi connectivity index (χ2v) is 7.82. The van der Waals surface area contributed by atoms with Crippen molar-refractivity contribution in [1.29, 1.82) is 0 Å². The molecular formula is C22H25N3O3S. The van der Waals surface area contributed by atoms with E-state index in [1.54, 1.807) is 7.11 Å². The minimum atomic E-state index is -0.215. The van der Waals surface area contributed by atoms with Crippen molar-refractivity contribution < 1.29 is 14.3 Å². The largest absolute Gasteiger partial charge is 0.496 e. The molecule has 152 valence electrons. The predicted molar refractivity (Wildman–Crippen MR) is 118 cm³/mol. The van der Waals surface area contributed by atoms with E-state index in [1.807, 2.05) is 37.3 Å². The monoisotopic (exact) mass is 411 g/mol. The van der Waals surface area contributed by atoms with E-state index in [0.717, 1.165) is 47.5 Å². The van der Waals surface area contributed by atoms with E-state index < -0.39 is 0 Å². The summed E-state index contributed by atoms with van der Waals surface area (Å²) in [5.41, 5.74) is 7.58. The van der Waals surface area contributed by atoms with Gasteiger partial charge in [-0.15, -0.1) is 11.8 Å². The van der Waals surface area contributed by atoms with Crippen LogP contribution in [0.25, 0.3) is 0 Å². The van der Waals surface area contributed by atoms with E-state index >= 15 is 0 Å². The first-order valence-corrected chi connectivity index (χ1v) is 10.7. The van der Waals surface area contributed by atoms with Gasteiger partial charge in [0.1, 0.15) is 5.75 Å². The molecule has 6 nitrogen and oxygen atoms in total. The number of aryl methyl sites for hydroxylation is 2. The number of hydrazone groups is 1. The molecule has 2 N–H and O–H groups in total. The Morgan fingerprint density at radius 2 is 1.86 bits per heavy atom. The highest BCUT2D eigenvalue weighted by Crippen LogP contribution is 2.28. The van der Waals surface area contributed by atoms with Gasteiger partial charge in [0, 0.05) is 11.3 Å². The molecule has 0 radical (unpaired) electrons. The minimum absolute atomic E-state index is 0.133. The van der Waals surface area contributed by atoms with Crippen molar-refractivity contribution in [3.8, 4) is 5.75 Å². The number of hydrogen-bond acceptors (Lipinski definition) is 5. The van der Waals surface area contributed by atoms with Gasteiger partial charge in [0.2, 0.25) is 11.8 Å². The number of rotatable bonds is 7. The summed E-state index contributed by atoms with van der Waals surface area (Å²) in [6.07, 6.45) is 2.79. The fourth-order valence-electron chi connectivity index (χ4n) is 3.24. The number of fused-ring (bicyclic) bond motifs is 1. The number of methoxy groups -OCH3 is 1. The van der Waals surface area contributed by atoms with Crippen LogP contribution in [0.2, 0.25) is 0 Å². The van der Waals surface area contributed by atoms with Crippen LogP contribution in [0.3, 0.4) is 0 Å². The predicted octanol–water partition coefficient (Wildman–Crippen LogP) is 3.53. The normalized spacial score (nSPS) is 14.2. The minimum Gasteiger partial charge on any atom is -0.496 e. The summed E-state index contributed by atoms with van der Waals surface area (Å²) in [4.78, 5) is 24.0. The summed E-state index contributed by atoms with van der Waals surface area (Å²) >= 11 is 1.26. The van der Waals surface area contributed by atoms with Crippen molar-refractivity contribution in [3.05, 3.63) is 59.2 Å². The first-order valence-electron chi connectivity index (χ1n) is 9.52. The van der Waals surface area contributed by atoms with Crippen LogP contribution in [-0.2, 0) is 16.0 Å². The highest BCUT2D eigenvalue weighted by Gasteiger charge is 2.18. The van der Waals surface area contributed by atoms with Crippen LogP contribution in [-0.4, -0.2) is 36.1 Å². The van der Waals surface area contributed by atoms with Gasteiger partial charge in [-0.25, -0.2) is 5.43 Å². The lowest BCUT2D eigenvalue weighted by Crippen LogP contribution is -2.24. The molecule has 7 heteroatoms. The summed E-state index contributed by atoms with van der Waals surface area (Å²) in [5.74, 6) is 0.909. The van der Waals surface area contributed by atoms with Crippen LogP contribution in [0.5, 0.6) is 5.75 Å². The summed E-state index contributed by atoms with van der Waals surface area (Å²) in [6, 6.07) is 13.4. The topological polar surface area (TPSA) is 79.8 Å². The van der Waals surface area contributed by atoms with E-state index in [9.17, 15) is 9.59 Å². The molecule has 0 aliphatic heterocycles. The average Bonchev–Trinajstić information content (AvgIpc) is 2.72. The number of ether oxygens (including phenoxy) is 1. The van der Waals surface area contributed by atoms with E-state index in [-0.39, 0.29) is 23.3 Å². The molecule has 2 aromatic rings. The molecule has 0 heterocycles. The van der Waals surface area contributed by atoms with Gasteiger partial charge in [0.25, 0.3) is 0 Å². The number of thioether (sulfide) groups is 1.